The third-order valence-electron chi connectivity index (χ3n) is 4.39. The van der Waals surface area contributed by atoms with Gasteiger partial charge in [0.2, 0.25) is 0 Å². The van der Waals surface area contributed by atoms with Crippen molar-refractivity contribution < 1.29 is 14.7 Å². The highest BCUT2D eigenvalue weighted by atomic mass is 16.4. The minimum absolute atomic E-state index is 0.0940. The maximum atomic E-state index is 12.6. The van der Waals surface area contributed by atoms with E-state index in [2.05, 4.69) is 15.0 Å². The molecule has 0 spiro atoms. The molecule has 0 saturated carbocycles. The van der Waals surface area contributed by atoms with Gasteiger partial charge in [0.25, 0.3) is 0 Å². The number of anilines is 1. The quantitative estimate of drug-likeness (QED) is 0.824. The van der Waals surface area contributed by atoms with Crippen molar-refractivity contribution in [2.24, 2.45) is 4.99 Å². The van der Waals surface area contributed by atoms with E-state index in [1.54, 1.807) is 9.80 Å². The Balaban J connectivity index is 1.71. The van der Waals surface area contributed by atoms with Gasteiger partial charge in [0.05, 0.1) is 6.54 Å². The molecule has 0 radical (unpaired) electrons. The normalized spacial score (nSPS) is 16.0. The number of urea groups is 1. The topological polar surface area (TPSA) is 102 Å². The van der Waals surface area contributed by atoms with Gasteiger partial charge in [-0.15, -0.1) is 0 Å². The standard InChI is InChI=1S/C18H17N5O3/c1-2-22-17-14(16-19-9-10-23(16)18(22)26)20-15(21-17)12-6-3-11(4-7-12)5-8-13(24)25/h3-8H,2,9-10H2,1H3,(H,20,21)(H,24,25)/b8-5+. The Morgan fingerprint density at radius 3 is 2.81 bits per heavy atom. The van der Waals surface area contributed by atoms with Crippen molar-refractivity contribution in [3.8, 4) is 11.4 Å². The zero-order chi connectivity index (χ0) is 18.3. The number of aliphatic carboxylic acids is 1. The van der Waals surface area contributed by atoms with E-state index >= 15 is 0 Å². The average Bonchev–Trinajstić information content (AvgIpc) is 3.28. The van der Waals surface area contributed by atoms with Gasteiger partial charge >= 0.3 is 12.0 Å². The Hall–Kier alpha value is -3.42. The van der Waals surface area contributed by atoms with Crippen LogP contribution >= 0.6 is 0 Å². The van der Waals surface area contributed by atoms with Crippen molar-refractivity contribution in [3.05, 3.63) is 41.6 Å². The van der Waals surface area contributed by atoms with E-state index < -0.39 is 5.97 Å². The molecule has 1 aromatic carbocycles. The maximum Gasteiger partial charge on any atom is 0.331 e. The fraction of sp³-hybridized carbons (Fsp3) is 0.222. The number of nitrogens with one attached hydrogen (secondary N) is 1. The van der Waals surface area contributed by atoms with Crippen molar-refractivity contribution in [2.45, 2.75) is 6.92 Å². The first-order chi connectivity index (χ1) is 12.6. The van der Waals surface area contributed by atoms with E-state index in [-0.39, 0.29) is 6.03 Å². The number of carbonyl (C=O) groups excluding carboxylic acids is 1. The highest BCUT2D eigenvalue weighted by Gasteiger charge is 2.39. The first-order valence-electron chi connectivity index (χ1n) is 8.33. The summed E-state index contributed by atoms with van der Waals surface area (Å²) >= 11 is 0. The van der Waals surface area contributed by atoms with E-state index in [4.69, 9.17) is 5.11 Å². The summed E-state index contributed by atoms with van der Waals surface area (Å²) < 4.78 is 0. The molecule has 8 nitrogen and oxygen atoms in total. The number of carboxylic acid groups (broad SMARTS) is 1. The van der Waals surface area contributed by atoms with Crippen LogP contribution in [-0.2, 0) is 4.79 Å². The summed E-state index contributed by atoms with van der Waals surface area (Å²) in [6, 6.07) is 7.26. The third kappa shape index (κ3) is 2.55. The monoisotopic (exact) mass is 351 g/mol. The molecule has 0 saturated heterocycles. The maximum absolute atomic E-state index is 12.6. The van der Waals surface area contributed by atoms with Crippen LogP contribution in [0.5, 0.6) is 0 Å². The van der Waals surface area contributed by atoms with Crippen LogP contribution in [0.25, 0.3) is 17.5 Å². The molecular weight excluding hydrogens is 334 g/mol. The molecule has 0 fully saturated rings. The number of aromatic nitrogens is 2. The average molecular weight is 351 g/mol. The van der Waals surface area contributed by atoms with Crippen molar-refractivity contribution in [3.63, 3.8) is 0 Å². The van der Waals surface area contributed by atoms with E-state index in [0.717, 1.165) is 22.9 Å². The molecule has 8 heteroatoms. The number of hydrogen-bond acceptors (Lipinski definition) is 4. The van der Waals surface area contributed by atoms with Crippen molar-refractivity contribution in [2.75, 3.05) is 24.5 Å². The lowest BCUT2D eigenvalue weighted by atomic mass is 10.1. The summed E-state index contributed by atoms with van der Waals surface area (Å²) in [4.78, 5) is 38.8. The molecule has 2 amide bonds. The number of carbonyl (C=O) groups is 2. The molecule has 1 aromatic heterocycles. The van der Waals surface area contributed by atoms with Gasteiger partial charge < -0.3 is 10.1 Å². The van der Waals surface area contributed by atoms with Crippen LogP contribution in [0.3, 0.4) is 0 Å². The summed E-state index contributed by atoms with van der Waals surface area (Å²) in [6.45, 7) is 3.62. The SMILES string of the molecule is CCN1C(=O)N2CCN=C2c2[nH]c(-c3ccc(/C=C/C(=O)O)cc3)nc21. The second kappa shape index (κ2) is 6.14. The van der Waals surface area contributed by atoms with Crippen LogP contribution in [0.4, 0.5) is 10.6 Å². The highest BCUT2D eigenvalue weighted by molar-refractivity contribution is 6.18. The van der Waals surface area contributed by atoms with Gasteiger partial charge in [0, 0.05) is 24.7 Å². The third-order valence-corrected chi connectivity index (χ3v) is 4.39. The molecule has 0 unspecified atom stereocenters. The van der Waals surface area contributed by atoms with E-state index in [1.165, 1.54) is 6.08 Å². The highest BCUT2D eigenvalue weighted by Crippen LogP contribution is 2.31. The van der Waals surface area contributed by atoms with Crippen molar-refractivity contribution >= 4 is 29.7 Å². The minimum atomic E-state index is -0.987. The fourth-order valence-electron chi connectivity index (χ4n) is 3.14. The summed E-state index contributed by atoms with van der Waals surface area (Å²) in [5, 5.41) is 8.70. The Labute approximate surface area is 149 Å². The van der Waals surface area contributed by atoms with E-state index in [1.807, 2.05) is 31.2 Å². The number of fused-ring (bicyclic) bond motifs is 3. The summed E-state index contributed by atoms with van der Waals surface area (Å²) in [5.41, 5.74) is 2.39. The number of nitrogens with zero attached hydrogens (tertiary/aromatic N) is 4. The Morgan fingerprint density at radius 2 is 2.12 bits per heavy atom. The van der Waals surface area contributed by atoms with Crippen LogP contribution < -0.4 is 4.90 Å². The van der Waals surface area contributed by atoms with Gasteiger partial charge in [-0.3, -0.25) is 14.8 Å². The second-order valence-corrected chi connectivity index (χ2v) is 5.96. The molecule has 0 aliphatic carbocycles. The minimum Gasteiger partial charge on any atom is -0.478 e. The molecule has 3 heterocycles. The number of hydrogen-bond donors (Lipinski definition) is 2. The lowest BCUT2D eigenvalue weighted by Crippen LogP contribution is -2.49. The van der Waals surface area contributed by atoms with Gasteiger partial charge in [-0.1, -0.05) is 24.3 Å². The van der Waals surface area contributed by atoms with Gasteiger partial charge in [-0.2, -0.15) is 0 Å². The van der Waals surface area contributed by atoms with Gasteiger partial charge in [0.1, 0.15) is 11.5 Å². The number of imidazole rings is 1. The van der Waals surface area contributed by atoms with Crippen molar-refractivity contribution in [1.82, 2.24) is 14.9 Å². The molecule has 2 N–H and O–H groups in total. The number of benzene rings is 1. The van der Waals surface area contributed by atoms with Crippen LogP contribution in [0.15, 0.2) is 35.3 Å². The van der Waals surface area contributed by atoms with Gasteiger partial charge in [-0.05, 0) is 18.6 Å². The summed E-state index contributed by atoms with van der Waals surface area (Å²) in [6.07, 6.45) is 2.63. The molecular formula is C18H17N5O3. The number of amides is 2. The molecule has 132 valence electrons. The second-order valence-electron chi connectivity index (χ2n) is 5.96. The largest absolute Gasteiger partial charge is 0.478 e. The number of aromatic amines is 1. The predicted octanol–water partition coefficient (Wildman–Crippen LogP) is 2.20. The van der Waals surface area contributed by atoms with Crippen LogP contribution in [0, 0.1) is 0 Å². The zero-order valence-corrected chi connectivity index (χ0v) is 14.1. The summed E-state index contributed by atoms with van der Waals surface area (Å²) in [7, 11) is 0. The zero-order valence-electron chi connectivity index (χ0n) is 14.1. The molecule has 2 aliphatic rings. The Kier molecular flexibility index (Phi) is 3.80. The molecule has 2 aliphatic heterocycles. The molecule has 26 heavy (non-hydrogen) atoms. The van der Waals surface area contributed by atoms with Crippen LogP contribution in [-0.4, -0.2) is 57.4 Å². The van der Waals surface area contributed by atoms with Gasteiger partial charge in [0.15, 0.2) is 11.7 Å². The van der Waals surface area contributed by atoms with Gasteiger partial charge in [-0.25, -0.2) is 14.6 Å². The molecule has 2 aromatic rings. The number of aliphatic imine (C=N–C) groups is 1. The lowest BCUT2D eigenvalue weighted by molar-refractivity contribution is -0.131. The van der Waals surface area contributed by atoms with E-state index in [0.29, 0.717) is 37.1 Å². The molecule has 4 rings (SSSR count). The van der Waals surface area contributed by atoms with Crippen LogP contribution in [0.1, 0.15) is 18.2 Å². The summed E-state index contributed by atoms with van der Waals surface area (Å²) in [5.74, 6) is 0.902. The molecule has 0 atom stereocenters. The van der Waals surface area contributed by atoms with Crippen LogP contribution in [0.2, 0.25) is 0 Å². The Morgan fingerprint density at radius 1 is 1.35 bits per heavy atom. The number of rotatable bonds is 4. The number of H-pyrrole nitrogens is 1. The lowest BCUT2D eigenvalue weighted by Gasteiger charge is -2.31. The first-order valence-corrected chi connectivity index (χ1v) is 8.33. The number of carboxylic acids is 1. The first kappa shape index (κ1) is 16.1. The Bertz CT molecular complexity index is 942. The van der Waals surface area contributed by atoms with E-state index in [9.17, 15) is 9.59 Å². The fourth-order valence-corrected chi connectivity index (χ4v) is 3.14. The van der Waals surface area contributed by atoms with Crippen molar-refractivity contribution in [1.29, 1.82) is 0 Å². The number of amidine groups is 1. The molecule has 0 bridgehead atoms. The predicted molar refractivity (Wildman–Crippen MR) is 97.2 cm³/mol. The smallest absolute Gasteiger partial charge is 0.331 e.